The van der Waals surface area contributed by atoms with E-state index in [4.69, 9.17) is 15.2 Å². The molecule has 2 unspecified atom stereocenters. The molecule has 0 aliphatic carbocycles. The molecule has 2 saturated heterocycles. The summed E-state index contributed by atoms with van der Waals surface area (Å²) >= 11 is 0. The molecule has 0 saturated carbocycles. The Morgan fingerprint density at radius 2 is 1.95 bits per heavy atom. The summed E-state index contributed by atoms with van der Waals surface area (Å²) in [6, 6.07) is 2.18. The maximum Gasteiger partial charge on any atom is 0.243 e. The number of morpholine rings is 1. The van der Waals surface area contributed by atoms with Gasteiger partial charge in [-0.25, -0.2) is 12.8 Å². The lowest BCUT2D eigenvalue weighted by Gasteiger charge is -2.31. The first-order valence-corrected chi connectivity index (χ1v) is 8.14. The fourth-order valence-electron chi connectivity index (χ4n) is 2.88. The molecule has 2 heterocycles. The van der Waals surface area contributed by atoms with Crippen LogP contribution in [0.1, 0.15) is 12.8 Å². The largest absolute Gasteiger partial charge is 0.492 e. The van der Waals surface area contributed by atoms with Gasteiger partial charge in [0.2, 0.25) is 10.0 Å². The average Bonchev–Trinajstić information content (AvgIpc) is 2.76. The predicted molar refractivity (Wildman–Crippen MR) is 74.0 cm³/mol. The van der Waals surface area contributed by atoms with E-state index in [2.05, 4.69) is 0 Å². The number of halogens is 1. The summed E-state index contributed by atoms with van der Waals surface area (Å²) in [7, 11) is -2.50. The lowest BCUT2D eigenvalue weighted by atomic mass is 10.2. The molecule has 6 nitrogen and oxygen atoms in total. The lowest BCUT2D eigenvalue weighted by Crippen LogP contribution is -2.45. The van der Waals surface area contributed by atoms with Crippen LogP contribution in [0.15, 0.2) is 17.0 Å². The summed E-state index contributed by atoms with van der Waals surface area (Å²) in [5.74, 6) is -0.927. The number of anilines is 1. The second kappa shape index (κ2) is 5.11. The van der Waals surface area contributed by atoms with Crippen molar-refractivity contribution in [3.8, 4) is 5.75 Å². The second-order valence-electron chi connectivity index (χ2n) is 5.31. The monoisotopic (exact) mass is 316 g/mol. The SMILES string of the molecule is COc1c(N)cc(S(=O)(=O)N2CC3CCC(C2)O3)cc1F. The average molecular weight is 316 g/mol. The molecule has 2 aliphatic rings. The van der Waals surface area contributed by atoms with Crippen molar-refractivity contribution in [1.82, 2.24) is 4.31 Å². The van der Waals surface area contributed by atoms with Gasteiger partial charge < -0.3 is 15.2 Å². The van der Waals surface area contributed by atoms with Crippen molar-refractivity contribution in [3.05, 3.63) is 17.9 Å². The number of nitrogen functional groups attached to an aromatic ring is 1. The molecule has 0 amide bonds. The van der Waals surface area contributed by atoms with Crippen molar-refractivity contribution in [3.63, 3.8) is 0 Å². The van der Waals surface area contributed by atoms with Crippen LogP contribution in [0.4, 0.5) is 10.1 Å². The van der Waals surface area contributed by atoms with Crippen molar-refractivity contribution in [1.29, 1.82) is 0 Å². The number of hydrogen-bond donors (Lipinski definition) is 1. The van der Waals surface area contributed by atoms with Gasteiger partial charge in [-0.1, -0.05) is 0 Å². The zero-order valence-electron chi connectivity index (χ0n) is 11.6. The number of ether oxygens (including phenoxy) is 2. The van der Waals surface area contributed by atoms with E-state index in [9.17, 15) is 12.8 Å². The Hall–Kier alpha value is -1.38. The molecule has 3 rings (SSSR count). The molecule has 0 spiro atoms. The van der Waals surface area contributed by atoms with Gasteiger partial charge in [0, 0.05) is 13.1 Å². The fourth-order valence-corrected chi connectivity index (χ4v) is 4.43. The fraction of sp³-hybridized carbons (Fsp3) is 0.538. The first kappa shape index (κ1) is 14.6. The van der Waals surface area contributed by atoms with E-state index in [1.54, 1.807) is 0 Å². The van der Waals surface area contributed by atoms with Gasteiger partial charge >= 0.3 is 0 Å². The number of rotatable bonds is 3. The van der Waals surface area contributed by atoms with Crippen LogP contribution in [-0.4, -0.2) is 45.1 Å². The number of benzene rings is 1. The summed E-state index contributed by atoms with van der Waals surface area (Å²) in [5.41, 5.74) is 5.62. The molecule has 2 N–H and O–H groups in total. The third-order valence-electron chi connectivity index (χ3n) is 3.90. The smallest absolute Gasteiger partial charge is 0.243 e. The van der Waals surface area contributed by atoms with Crippen LogP contribution < -0.4 is 10.5 Å². The molecule has 116 valence electrons. The van der Waals surface area contributed by atoms with Crippen LogP contribution in [0.3, 0.4) is 0 Å². The molecule has 2 bridgehead atoms. The summed E-state index contributed by atoms with van der Waals surface area (Å²) in [4.78, 5) is -0.153. The topological polar surface area (TPSA) is 81.9 Å². The van der Waals surface area contributed by atoms with E-state index < -0.39 is 15.8 Å². The van der Waals surface area contributed by atoms with Crippen molar-refractivity contribution in [2.45, 2.75) is 29.9 Å². The van der Waals surface area contributed by atoms with Gasteiger partial charge in [-0.15, -0.1) is 0 Å². The number of nitrogens with two attached hydrogens (primary N) is 1. The van der Waals surface area contributed by atoms with Crippen molar-refractivity contribution in [2.24, 2.45) is 0 Å². The summed E-state index contributed by atoms with van der Waals surface area (Å²) < 4.78 is 50.9. The van der Waals surface area contributed by atoms with Crippen LogP contribution in [0.25, 0.3) is 0 Å². The number of sulfonamides is 1. The molecule has 0 aromatic heterocycles. The highest BCUT2D eigenvalue weighted by Crippen LogP contribution is 2.33. The van der Waals surface area contributed by atoms with Gasteiger partial charge in [0.05, 0.1) is 29.9 Å². The van der Waals surface area contributed by atoms with Gasteiger partial charge in [-0.2, -0.15) is 4.31 Å². The standard InChI is InChI=1S/C13H17FN2O4S/c1-19-13-11(14)4-10(5-12(13)15)21(17,18)16-6-8-2-3-9(7-16)20-8/h4-5,8-9H,2-3,6-7,15H2,1H3. The van der Waals surface area contributed by atoms with Crippen LogP contribution in [0, 0.1) is 5.82 Å². The van der Waals surface area contributed by atoms with E-state index in [1.807, 2.05) is 0 Å². The number of methoxy groups -OCH3 is 1. The molecule has 2 aliphatic heterocycles. The minimum atomic E-state index is -3.78. The van der Waals surface area contributed by atoms with Crippen molar-refractivity contribution >= 4 is 15.7 Å². The Kier molecular flexibility index (Phi) is 3.54. The molecule has 21 heavy (non-hydrogen) atoms. The van der Waals surface area contributed by atoms with Crippen molar-refractivity contribution in [2.75, 3.05) is 25.9 Å². The zero-order chi connectivity index (χ0) is 15.2. The molecule has 1 aromatic carbocycles. The lowest BCUT2D eigenvalue weighted by molar-refractivity contribution is -0.0114. The normalized spacial score (nSPS) is 26.0. The Labute approximate surface area is 122 Å². The predicted octanol–water partition coefficient (Wildman–Crippen LogP) is 0.968. The molecule has 0 radical (unpaired) electrons. The van der Waals surface area contributed by atoms with Crippen LogP contribution in [-0.2, 0) is 14.8 Å². The minimum Gasteiger partial charge on any atom is -0.492 e. The van der Waals surface area contributed by atoms with Crippen LogP contribution >= 0.6 is 0 Å². The van der Waals surface area contributed by atoms with E-state index in [0.29, 0.717) is 13.1 Å². The maximum atomic E-state index is 13.9. The van der Waals surface area contributed by atoms with E-state index >= 15 is 0 Å². The Morgan fingerprint density at radius 3 is 2.48 bits per heavy atom. The first-order chi connectivity index (χ1) is 9.91. The Balaban J connectivity index is 1.95. The third-order valence-corrected chi connectivity index (χ3v) is 5.71. The van der Waals surface area contributed by atoms with Crippen molar-refractivity contribution < 1.29 is 22.3 Å². The first-order valence-electron chi connectivity index (χ1n) is 6.70. The Bertz CT molecular complexity index is 629. The third kappa shape index (κ3) is 2.47. The van der Waals surface area contributed by atoms with Crippen LogP contribution in [0.5, 0.6) is 5.75 Å². The molecular weight excluding hydrogens is 299 g/mol. The summed E-state index contributed by atoms with van der Waals surface area (Å²) in [6.07, 6.45) is 1.57. The van der Waals surface area contributed by atoms with E-state index in [-0.39, 0.29) is 28.5 Å². The number of hydrogen-bond acceptors (Lipinski definition) is 5. The van der Waals surface area contributed by atoms with E-state index in [1.165, 1.54) is 17.5 Å². The van der Waals surface area contributed by atoms with Gasteiger partial charge in [0.15, 0.2) is 11.6 Å². The molecule has 2 fully saturated rings. The Morgan fingerprint density at radius 1 is 1.33 bits per heavy atom. The van der Waals surface area contributed by atoms with Gasteiger partial charge in [0.1, 0.15) is 0 Å². The van der Waals surface area contributed by atoms with Gasteiger partial charge in [-0.05, 0) is 25.0 Å². The highest BCUT2D eigenvalue weighted by Gasteiger charge is 2.39. The number of fused-ring (bicyclic) bond motifs is 2. The summed E-state index contributed by atoms with van der Waals surface area (Å²) in [5, 5.41) is 0. The molecule has 2 atom stereocenters. The van der Waals surface area contributed by atoms with Gasteiger partial charge in [-0.3, -0.25) is 0 Å². The zero-order valence-corrected chi connectivity index (χ0v) is 12.4. The van der Waals surface area contributed by atoms with Crippen LogP contribution in [0.2, 0.25) is 0 Å². The summed E-state index contributed by atoms with van der Waals surface area (Å²) in [6.45, 7) is 0.596. The second-order valence-corrected chi connectivity index (χ2v) is 7.24. The minimum absolute atomic E-state index is 0.0349. The highest BCUT2D eigenvalue weighted by molar-refractivity contribution is 7.89. The quantitative estimate of drug-likeness (QED) is 0.840. The number of nitrogens with zero attached hydrogens (tertiary/aromatic N) is 1. The molecule has 8 heteroatoms. The molecular formula is C13H17FN2O4S. The van der Waals surface area contributed by atoms with E-state index in [0.717, 1.165) is 18.9 Å². The highest BCUT2D eigenvalue weighted by atomic mass is 32.2. The molecule has 1 aromatic rings. The maximum absolute atomic E-state index is 13.9. The van der Waals surface area contributed by atoms with Gasteiger partial charge in [0.25, 0.3) is 0 Å².